The lowest BCUT2D eigenvalue weighted by molar-refractivity contribution is 0.0690. The maximum absolute atomic E-state index is 11.0. The topological polar surface area (TPSA) is 146 Å². The summed E-state index contributed by atoms with van der Waals surface area (Å²) in [5.74, 6) is -3.32. The molecule has 98 valence electrons. The SMILES string of the molecule is O=Ic1c(C(=O)O)ccc(S(=O)(=O)O)c1C(=O)O. The third-order valence-corrected chi connectivity index (χ3v) is 4.36. The second-order valence-electron chi connectivity index (χ2n) is 2.96. The third-order valence-electron chi connectivity index (χ3n) is 1.90. The summed E-state index contributed by atoms with van der Waals surface area (Å²) >= 11 is -2.25. The summed E-state index contributed by atoms with van der Waals surface area (Å²) in [6, 6.07) is 1.43. The van der Waals surface area contributed by atoms with Gasteiger partial charge in [0.2, 0.25) is 0 Å². The Bertz CT molecular complexity index is 647. The van der Waals surface area contributed by atoms with Crippen LogP contribution in [-0.2, 0) is 13.2 Å². The predicted octanol–water partition coefficient (Wildman–Crippen LogP) is 0.816. The van der Waals surface area contributed by atoms with E-state index in [1.165, 1.54) is 0 Å². The summed E-state index contributed by atoms with van der Waals surface area (Å²) in [6.07, 6.45) is 0. The number of rotatable bonds is 4. The van der Waals surface area contributed by atoms with Crippen LogP contribution in [0.25, 0.3) is 0 Å². The van der Waals surface area contributed by atoms with E-state index in [1.807, 2.05) is 0 Å². The van der Waals surface area contributed by atoms with E-state index in [0.29, 0.717) is 6.07 Å². The Balaban J connectivity index is 3.87. The molecule has 0 aromatic heterocycles. The van der Waals surface area contributed by atoms with E-state index in [0.717, 1.165) is 6.07 Å². The largest absolute Gasteiger partial charge is 0.478 e. The smallest absolute Gasteiger partial charge is 0.338 e. The highest BCUT2D eigenvalue weighted by molar-refractivity contribution is 14.1. The van der Waals surface area contributed by atoms with E-state index in [4.69, 9.17) is 14.8 Å². The minimum absolute atomic E-state index is 0.567. The molecule has 0 aliphatic rings. The molecule has 18 heavy (non-hydrogen) atoms. The van der Waals surface area contributed by atoms with Crippen LogP contribution in [0.4, 0.5) is 0 Å². The quantitative estimate of drug-likeness (QED) is 0.508. The van der Waals surface area contributed by atoms with Crippen LogP contribution in [0.2, 0.25) is 0 Å². The average Bonchev–Trinajstić information content (AvgIpc) is 2.25. The van der Waals surface area contributed by atoms with Gasteiger partial charge in [0.1, 0.15) is 4.90 Å². The molecule has 1 rings (SSSR count). The highest BCUT2D eigenvalue weighted by Crippen LogP contribution is 2.27. The Labute approximate surface area is 111 Å². The van der Waals surface area contributed by atoms with Gasteiger partial charge in [0.05, 0.1) is 14.7 Å². The number of carboxylic acid groups (broad SMARTS) is 2. The molecule has 0 saturated carbocycles. The van der Waals surface area contributed by atoms with Gasteiger partial charge >= 0.3 is 11.9 Å². The molecule has 0 amide bonds. The summed E-state index contributed by atoms with van der Waals surface area (Å²) in [6.45, 7) is 0. The molecule has 10 heteroatoms. The summed E-state index contributed by atoms with van der Waals surface area (Å²) in [5, 5.41) is 17.6. The number of carbonyl (C=O) groups is 2. The molecule has 0 fully saturated rings. The first-order chi connectivity index (χ1) is 8.20. The number of carboxylic acids is 2. The van der Waals surface area contributed by atoms with Gasteiger partial charge in [-0.1, -0.05) is 0 Å². The minimum atomic E-state index is -4.85. The molecule has 0 spiro atoms. The third kappa shape index (κ3) is 2.70. The minimum Gasteiger partial charge on any atom is -0.478 e. The van der Waals surface area contributed by atoms with E-state index < -0.39 is 62.8 Å². The van der Waals surface area contributed by atoms with Crippen LogP contribution in [0.15, 0.2) is 17.0 Å². The van der Waals surface area contributed by atoms with Gasteiger partial charge in [-0.15, -0.1) is 0 Å². The number of benzene rings is 1. The van der Waals surface area contributed by atoms with E-state index in [1.54, 1.807) is 0 Å². The Morgan fingerprint density at radius 2 is 1.67 bits per heavy atom. The lowest BCUT2D eigenvalue weighted by Crippen LogP contribution is -2.14. The Morgan fingerprint density at radius 1 is 1.11 bits per heavy atom. The van der Waals surface area contributed by atoms with Crippen LogP contribution < -0.4 is 0 Å². The summed E-state index contributed by atoms with van der Waals surface area (Å²) in [5.41, 5.74) is -1.54. The molecule has 0 atom stereocenters. The van der Waals surface area contributed by atoms with Gasteiger partial charge in [-0.3, -0.25) is 7.62 Å². The first-order valence-corrected chi connectivity index (χ1v) is 7.48. The average molecular weight is 388 g/mol. The lowest BCUT2D eigenvalue weighted by atomic mass is 10.1. The fourth-order valence-electron chi connectivity index (χ4n) is 1.22. The molecule has 0 aliphatic heterocycles. The molecule has 0 saturated heterocycles. The highest BCUT2D eigenvalue weighted by Gasteiger charge is 2.28. The van der Waals surface area contributed by atoms with Crippen LogP contribution in [0.3, 0.4) is 0 Å². The summed E-state index contributed by atoms with van der Waals surface area (Å²) in [7, 11) is -4.85. The maximum atomic E-state index is 11.0. The Morgan fingerprint density at radius 3 is 2.00 bits per heavy atom. The van der Waals surface area contributed by atoms with Gasteiger partial charge in [-0.2, -0.15) is 8.42 Å². The van der Waals surface area contributed by atoms with Gasteiger partial charge < -0.3 is 10.2 Å². The van der Waals surface area contributed by atoms with Gasteiger partial charge in [0.15, 0.2) is 21.2 Å². The maximum Gasteiger partial charge on any atom is 0.338 e. The van der Waals surface area contributed by atoms with Crippen molar-refractivity contribution in [1.82, 2.24) is 0 Å². The highest BCUT2D eigenvalue weighted by atomic mass is 127. The number of aromatic carboxylic acids is 2. The number of hydrogen-bond acceptors (Lipinski definition) is 5. The van der Waals surface area contributed by atoms with Crippen molar-refractivity contribution >= 4 is 43.2 Å². The van der Waals surface area contributed by atoms with Crippen LogP contribution in [0.5, 0.6) is 0 Å². The molecule has 8 nitrogen and oxygen atoms in total. The Hall–Kier alpha value is -1.40. The number of halogens is 1. The molecule has 0 bridgehead atoms. The standard InChI is InChI=1S/C8H5IO8S/c10-7(11)3-1-2-4(18(15,16)17)5(8(12)13)6(3)9-14/h1-2H,(H,10,11)(H,12,13)(H,15,16,17). The van der Waals surface area contributed by atoms with Crippen molar-refractivity contribution in [2.24, 2.45) is 0 Å². The van der Waals surface area contributed by atoms with Crippen LogP contribution in [-0.4, -0.2) is 35.1 Å². The van der Waals surface area contributed by atoms with Crippen molar-refractivity contribution in [2.45, 2.75) is 4.90 Å². The summed E-state index contributed by atoms with van der Waals surface area (Å²) in [4.78, 5) is 20.7. The molecule has 0 heterocycles. The van der Waals surface area contributed by atoms with E-state index in [2.05, 4.69) is 0 Å². The van der Waals surface area contributed by atoms with Crippen molar-refractivity contribution in [1.29, 1.82) is 0 Å². The molecule has 0 unspecified atom stereocenters. The zero-order chi connectivity index (χ0) is 14.1. The second-order valence-corrected chi connectivity index (χ2v) is 5.87. The molecule has 0 aliphatic carbocycles. The zero-order valence-electron chi connectivity index (χ0n) is 8.32. The van der Waals surface area contributed by atoms with E-state index in [-0.39, 0.29) is 0 Å². The van der Waals surface area contributed by atoms with Crippen molar-refractivity contribution in [3.05, 3.63) is 26.8 Å². The van der Waals surface area contributed by atoms with Gasteiger partial charge in [-0.25, -0.2) is 9.59 Å². The van der Waals surface area contributed by atoms with E-state index in [9.17, 15) is 21.1 Å². The van der Waals surface area contributed by atoms with Crippen molar-refractivity contribution in [2.75, 3.05) is 0 Å². The monoisotopic (exact) mass is 388 g/mol. The van der Waals surface area contributed by atoms with Crippen LogP contribution in [0.1, 0.15) is 20.7 Å². The molecule has 1 aromatic carbocycles. The Kier molecular flexibility index (Phi) is 4.13. The van der Waals surface area contributed by atoms with Crippen LogP contribution in [0, 0.1) is 3.57 Å². The molecular formula is C8H5IO8S. The fourth-order valence-corrected chi connectivity index (χ4v) is 3.48. The lowest BCUT2D eigenvalue weighted by Gasteiger charge is -2.07. The zero-order valence-corrected chi connectivity index (χ0v) is 11.3. The number of hydrogen-bond donors (Lipinski definition) is 3. The first kappa shape index (κ1) is 14.7. The van der Waals surface area contributed by atoms with Gasteiger partial charge in [-0.05, 0) is 12.1 Å². The van der Waals surface area contributed by atoms with Crippen molar-refractivity contribution < 1.29 is 35.8 Å². The molecule has 0 radical (unpaired) electrons. The fraction of sp³-hybridized carbons (Fsp3) is 0. The summed E-state index contributed by atoms with van der Waals surface area (Å²) < 4.78 is 41.1. The van der Waals surface area contributed by atoms with E-state index >= 15 is 0 Å². The first-order valence-electron chi connectivity index (χ1n) is 4.08. The molecule has 3 N–H and O–H groups in total. The predicted molar refractivity (Wildman–Crippen MR) is 63.6 cm³/mol. The van der Waals surface area contributed by atoms with Gasteiger partial charge in [0, 0.05) is 0 Å². The second kappa shape index (κ2) is 5.07. The molecular weight excluding hydrogens is 383 g/mol. The molecule has 1 aromatic rings. The van der Waals surface area contributed by atoms with Crippen molar-refractivity contribution in [3.63, 3.8) is 0 Å². The normalized spacial score (nSPS) is 11.2. The van der Waals surface area contributed by atoms with Crippen molar-refractivity contribution in [3.8, 4) is 0 Å². The van der Waals surface area contributed by atoms with Gasteiger partial charge in [0.25, 0.3) is 10.1 Å². The van der Waals surface area contributed by atoms with Crippen LogP contribution >= 0.6 is 21.2 Å².